The maximum atomic E-state index is 3.42. The Balaban J connectivity index is 2.04. The van der Waals surface area contributed by atoms with E-state index in [9.17, 15) is 0 Å². The summed E-state index contributed by atoms with van der Waals surface area (Å²) >= 11 is 0. The van der Waals surface area contributed by atoms with E-state index in [1.807, 2.05) is 0 Å². The van der Waals surface area contributed by atoms with Gasteiger partial charge in [0.15, 0.2) is 0 Å². The van der Waals surface area contributed by atoms with Gasteiger partial charge in [-0.3, -0.25) is 0 Å². The third kappa shape index (κ3) is 0.592. The zero-order chi connectivity index (χ0) is 5.40. The van der Waals surface area contributed by atoms with Crippen molar-refractivity contribution in [3.05, 3.63) is 0 Å². The number of hydrogen-bond acceptors (Lipinski definition) is 1. The third-order valence-electron chi connectivity index (χ3n) is 2.63. The summed E-state index contributed by atoms with van der Waals surface area (Å²) in [5.74, 6) is 2.13. The summed E-state index contributed by atoms with van der Waals surface area (Å²) in [5.41, 5.74) is 0. The Labute approximate surface area is 51.1 Å². The minimum atomic E-state index is 1.06. The number of rotatable bonds is 0. The Bertz CT molecular complexity index is 74.5. The molecule has 0 radical (unpaired) electrons. The average molecular weight is 109 g/mol. The summed E-state index contributed by atoms with van der Waals surface area (Å²) in [6.07, 6.45) is 3.00. The maximum absolute atomic E-state index is 3.42. The summed E-state index contributed by atoms with van der Waals surface area (Å²) < 4.78 is 0. The van der Waals surface area contributed by atoms with Crippen LogP contribution in [0.25, 0.3) is 0 Å². The summed E-state index contributed by atoms with van der Waals surface area (Å²) in [5, 5.41) is 3.42. The van der Waals surface area contributed by atoms with E-state index < -0.39 is 0 Å². The quantitative estimate of drug-likeness (QED) is 0.435. The lowest BCUT2D eigenvalue weighted by molar-refractivity contribution is 0.525. The van der Waals surface area contributed by atoms with E-state index in [1.165, 1.54) is 33.0 Å². The molecule has 2 fully saturated rings. The molecule has 8 heavy (non-hydrogen) atoms. The highest BCUT2D eigenvalue weighted by Crippen LogP contribution is 2.30. The normalized spacial score (nSPS) is 44.0. The van der Waals surface area contributed by atoms with Crippen molar-refractivity contribution in [2.24, 2.45) is 11.8 Å². The molecule has 0 aromatic heterocycles. The molecule has 2 heteroatoms. The monoisotopic (exact) mass is 109 g/mol. The van der Waals surface area contributed by atoms with Crippen LogP contribution in [0, 0.1) is 11.8 Å². The highest BCUT2D eigenvalue weighted by Gasteiger charge is 2.31. The van der Waals surface area contributed by atoms with Crippen molar-refractivity contribution in [1.82, 2.24) is 5.32 Å². The summed E-state index contributed by atoms with van der Waals surface area (Å²) in [6, 6.07) is 0. The molecule has 2 heterocycles. The lowest BCUT2D eigenvalue weighted by Crippen LogP contribution is -2.10. The molecule has 0 spiro atoms. The zero-order valence-electron chi connectivity index (χ0n) is 5.19. The standard InChI is InChI=1S/C6H12BN/c1-5-3-8-4-6(5)2-7-1/h5-8H,1-4H2. The second-order valence-electron chi connectivity index (χ2n) is 3.11. The van der Waals surface area contributed by atoms with Crippen LogP contribution >= 0.6 is 0 Å². The van der Waals surface area contributed by atoms with Crippen molar-refractivity contribution < 1.29 is 0 Å². The minimum Gasteiger partial charge on any atom is -0.316 e. The van der Waals surface area contributed by atoms with Gasteiger partial charge < -0.3 is 5.32 Å². The molecule has 44 valence electrons. The van der Waals surface area contributed by atoms with Crippen LogP contribution in [-0.4, -0.2) is 20.4 Å². The van der Waals surface area contributed by atoms with Crippen LogP contribution in [0.2, 0.25) is 12.6 Å². The van der Waals surface area contributed by atoms with Crippen LogP contribution in [-0.2, 0) is 0 Å². The van der Waals surface area contributed by atoms with E-state index >= 15 is 0 Å². The molecule has 0 amide bonds. The predicted octanol–water partition coefficient (Wildman–Crippen LogP) is 0.109. The first-order valence-electron chi connectivity index (χ1n) is 3.67. The Morgan fingerprint density at radius 2 is 1.75 bits per heavy atom. The lowest BCUT2D eigenvalue weighted by Gasteiger charge is -2.03. The molecule has 1 N–H and O–H groups in total. The average Bonchev–Trinajstić information content (AvgIpc) is 2.15. The smallest absolute Gasteiger partial charge is 0.121 e. The first kappa shape index (κ1) is 4.86. The van der Waals surface area contributed by atoms with Crippen molar-refractivity contribution in [3.8, 4) is 0 Å². The van der Waals surface area contributed by atoms with Crippen LogP contribution in [0.4, 0.5) is 0 Å². The van der Waals surface area contributed by atoms with Gasteiger partial charge in [-0.15, -0.1) is 0 Å². The van der Waals surface area contributed by atoms with E-state index in [0.717, 1.165) is 11.8 Å². The first-order chi connectivity index (χ1) is 3.97. The Hall–Kier alpha value is 0.0249. The summed E-state index contributed by atoms with van der Waals surface area (Å²) in [4.78, 5) is 0. The lowest BCUT2D eigenvalue weighted by atomic mass is 9.75. The van der Waals surface area contributed by atoms with E-state index in [1.54, 1.807) is 0 Å². The van der Waals surface area contributed by atoms with Gasteiger partial charge in [0, 0.05) is 0 Å². The van der Waals surface area contributed by atoms with Gasteiger partial charge in [-0.25, -0.2) is 0 Å². The number of hydrogen-bond donors (Lipinski definition) is 1. The second kappa shape index (κ2) is 1.76. The highest BCUT2D eigenvalue weighted by atomic mass is 14.9. The number of nitrogens with one attached hydrogen (secondary N) is 1. The van der Waals surface area contributed by atoms with E-state index in [2.05, 4.69) is 5.32 Å². The molecule has 0 saturated carbocycles. The Morgan fingerprint density at radius 3 is 2.38 bits per heavy atom. The maximum Gasteiger partial charge on any atom is 0.121 e. The van der Waals surface area contributed by atoms with Gasteiger partial charge in [0.1, 0.15) is 7.28 Å². The Morgan fingerprint density at radius 1 is 1.12 bits per heavy atom. The fraction of sp³-hybridized carbons (Fsp3) is 1.00. The third-order valence-corrected chi connectivity index (χ3v) is 2.63. The second-order valence-corrected chi connectivity index (χ2v) is 3.11. The summed E-state index contributed by atoms with van der Waals surface area (Å²) in [6.45, 7) is 2.62. The largest absolute Gasteiger partial charge is 0.316 e. The summed E-state index contributed by atoms with van der Waals surface area (Å²) in [7, 11) is 1.50. The molecular weight excluding hydrogens is 96.9 g/mol. The highest BCUT2D eigenvalue weighted by molar-refractivity contribution is 6.36. The van der Waals surface area contributed by atoms with Gasteiger partial charge in [-0.05, 0) is 24.9 Å². The van der Waals surface area contributed by atoms with Crippen LogP contribution in [0.5, 0.6) is 0 Å². The van der Waals surface area contributed by atoms with Crippen molar-refractivity contribution >= 4 is 7.28 Å². The van der Waals surface area contributed by atoms with Gasteiger partial charge in [0.05, 0.1) is 0 Å². The Kier molecular flexibility index (Phi) is 1.07. The SMILES string of the molecule is B1CC2CNCC2C1. The molecule has 2 aliphatic rings. The fourth-order valence-electron chi connectivity index (χ4n) is 2.11. The van der Waals surface area contributed by atoms with Crippen molar-refractivity contribution in [2.75, 3.05) is 13.1 Å². The molecule has 0 aromatic rings. The molecule has 0 bridgehead atoms. The molecule has 2 rings (SSSR count). The van der Waals surface area contributed by atoms with Gasteiger partial charge in [-0.1, -0.05) is 12.6 Å². The number of fused-ring (bicyclic) bond motifs is 1. The van der Waals surface area contributed by atoms with Crippen molar-refractivity contribution in [2.45, 2.75) is 12.6 Å². The topological polar surface area (TPSA) is 12.0 Å². The molecule has 0 aliphatic carbocycles. The zero-order valence-corrected chi connectivity index (χ0v) is 5.19. The van der Waals surface area contributed by atoms with E-state index in [0.29, 0.717) is 0 Å². The van der Waals surface area contributed by atoms with Gasteiger partial charge in [0.25, 0.3) is 0 Å². The molecule has 2 atom stereocenters. The fourth-order valence-corrected chi connectivity index (χ4v) is 2.11. The van der Waals surface area contributed by atoms with E-state index in [4.69, 9.17) is 0 Å². The molecule has 2 aliphatic heterocycles. The predicted molar refractivity (Wildman–Crippen MR) is 36.6 cm³/mol. The molecule has 2 saturated heterocycles. The molecule has 2 unspecified atom stereocenters. The van der Waals surface area contributed by atoms with Gasteiger partial charge in [-0.2, -0.15) is 0 Å². The van der Waals surface area contributed by atoms with Crippen LogP contribution < -0.4 is 5.32 Å². The van der Waals surface area contributed by atoms with Crippen LogP contribution in [0.3, 0.4) is 0 Å². The molecule has 1 nitrogen and oxygen atoms in total. The van der Waals surface area contributed by atoms with Crippen LogP contribution in [0.1, 0.15) is 0 Å². The molecular formula is C6H12BN. The first-order valence-corrected chi connectivity index (χ1v) is 3.67. The van der Waals surface area contributed by atoms with Crippen molar-refractivity contribution in [1.29, 1.82) is 0 Å². The minimum absolute atomic E-state index is 1.06. The van der Waals surface area contributed by atoms with E-state index in [-0.39, 0.29) is 0 Å². The van der Waals surface area contributed by atoms with Crippen molar-refractivity contribution in [3.63, 3.8) is 0 Å². The van der Waals surface area contributed by atoms with Gasteiger partial charge in [0.2, 0.25) is 0 Å². The molecule has 0 aromatic carbocycles. The van der Waals surface area contributed by atoms with Crippen LogP contribution in [0.15, 0.2) is 0 Å². The van der Waals surface area contributed by atoms with Gasteiger partial charge >= 0.3 is 0 Å².